The fraction of sp³-hybridized carbons (Fsp3) is 0.417. The molecule has 0 spiro atoms. The molecule has 3 nitrogen and oxygen atoms in total. The first-order chi connectivity index (χ1) is 7.65. The predicted octanol–water partition coefficient (Wildman–Crippen LogP) is 2.08. The van der Waals surface area contributed by atoms with Crippen LogP contribution in [0.3, 0.4) is 0 Å². The number of carbonyl (C=O) groups is 1. The molecule has 0 aromatic heterocycles. The Morgan fingerprint density at radius 3 is 3.00 bits per heavy atom. The van der Waals surface area contributed by atoms with Crippen LogP contribution in [-0.4, -0.2) is 13.1 Å². The van der Waals surface area contributed by atoms with Crippen molar-refractivity contribution in [3.63, 3.8) is 0 Å². The third-order valence-electron chi connectivity index (χ3n) is 3.16. The Balaban J connectivity index is 2.36. The van der Waals surface area contributed by atoms with E-state index in [2.05, 4.69) is 0 Å². The van der Waals surface area contributed by atoms with Crippen molar-refractivity contribution in [2.45, 2.75) is 18.9 Å². The number of hydrogen-bond acceptors (Lipinski definition) is 3. The fourth-order valence-electron chi connectivity index (χ4n) is 2.26. The largest absolute Gasteiger partial charge is 0.469 e. The van der Waals surface area contributed by atoms with Crippen LogP contribution >= 0.6 is 11.6 Å². The van der Waals surface area contributed by atoms with Gasteiger partial charge in [0.1, 0.15) is 0 Å². The molecule has 0 fully saturated rings. The summed E-state index contributed by atoms with van der Waals surface area (Å²) in [6.45, 7) is 0. The van der Waals surface area contributed by atoms with Gasteiger partial charge in [-0.05, 0) is 30.0 Å². The third kappa shape index (κ3) is 1.81. The molecule has 1 aliphatic rings. The summed E-state index contributed by atoms with van der Waals surface area (Å²) in [7, 11) is 1.39. The molecule has 2 atom stereocenters. The highest BCUT2D eigenvalue weighted by molar-refractivity contribution is 6.31. The highest BCUT2D eigenvalue weighted by Gasteiger charge is 2.33. The van der Waals surface area contributed by atoms with Crippen LogP contribution < -0.4 is 5.73 Å². The number of esters is 1. The van der Waals surface area contributed by atoms with Crippen molar-refractivity contribution in [2.24, 2.45) is 11.7 Å². The zero-order valence-corrected chi connectivity index (χ0v) is 9.83. The van der Waals surface area contributed by atoms with Crippen molar-refractivity contribution >= 4 is 17.6 Å². The lowest BCUT2D eigenvalue weighted by atomic mass is 9.80. The second kappa shape index (κ2) is 4.44. The average Bonchev–Trinajstić information content (AvgIpc) is 2.30. The number of methoxy groups -OCH3 is 1. The fourth-order valence-corrected chi connectivity index (χ4v) is 2.54. The monoisotopic (exact) mass is 239 g/mol. The van der Waals surface area contributed by atoms with E-state index in [1.165, 1.54) is 7.11 Å². The average molecular weight is 240 g/mol. The first kappa shape index (κ1) is 11.4. The molecule has 1 aliphatic carbocycles. The highest BCUT2D eigenvalue weighted by atomic mass is 35.5. The van der Waals surface area contributed by atoms with Crippen LogP contribution in [-0.2, 0) is 16.0 Å². The Hall–Kier alpha value is -1.06. The summed E-state index contributed by atoms with van der Waals surface area (Å²) in [6, 6.07) is 5.34. The maximum absolute atomic E-state index is 11.5. The number of nitrogens with two attached hydrogens (primary N) is 1. The van der Waals surface area contributed by atoms with Crippen LogP contribution in [0.25, 0.3) is 0 Å². The Bertz CT molecular complexity index is 419. The van der Waals surface area contributed by atoms with E-state index < -0.39 is 0 Å². The normalized spacial score (nSPS) is 23.7. The SMILES string of the molecule is COC(=O)C1CCc2c(Cl)cccc2C1N. The highest BCUT2D eigenvalue weighted by Crippen LogP contribution is 2.36. The van der Waals surface area contributed by atoms with Crippen molar-refractivity contribution in [1.82, 2.24) is 0 Å². The molecule has 0 radical (unpaired) electrons. The molecular formula is C12H14ClNO2. The molecule has 0 amide bonds. The minimum Gasteiger partial charge on any atom is -0.469 e. The predicted molar refractivity (Wildman–Crippen MR) is 62.2 cm³/mol. The van der Waals surface area contributed by atoms with Crippen molar-refractivity contribution in [3.8, 4) is 0 Å². The van der Waals surface area contributed by atoms with Crippen LogP contribution in [0, 0.1) is 5.92 Å². The van der Waals surface area contributed by atoms with Gasteiger partial charge in [-0.1, -0.05) is 23.7 Å². The second-order valence-corrected chi connectivity index (χ2v) is 4.41. The van der Waals surface area contributed by atoms with Gasteiger partial charge in [-0.25, -0.2) is 0 Å². The van der Waals surface area contributed by atoms with Crippen molar-refractivity contribution in [2.75, 3.05) is 7.11 Å². The first-order valence-corrected chi connectivity index (χ1v) is 5.63. The first-order valence-electron chi connectivity index (χ1n) is 5.26. The van der Waals surface area contributed by atoms with E-state index in [1.807, 2.05) is 18.2 Å². The van der Waals surface area contributed by atoms with Crippen LogP contribution in [0.5, 0.6) is 0 Å². The molecule has 0 aliphatic heterocycles. The molecule has 16 heavy (non-hydrogen) atoms. The standard InChI is InChI=1S/C12H14ClNO2/c1-16-12(15)9-6-5-7-8(11(9)14)3-2-4-10(7)13/h2-4,9,11H,5-6,14H2,1H3. The van der Waals surface area contributed by atoms with Gasteiger partial charge in [0.05, 0.1) is 13.0 Å². The molecule has 1 aromatic rings. The van der Waals surface area contributed by atoms with Gasteiger partial charge in [0.2, 0.25) is 0 Å². The van der Waals surface area contributed by atoms with Crippen molar-refractivity contribution < 1.29 is 9.53 Å². The molecule has 2 unspecified atom stereocenters. The number of halogens is 1. The van der Waals surface area contributed by atoms with Gasteiger partial charge in [-0.15, -0.1) is 0 Å². The smallest absolute Gasteiger partial charge is 0.310 e. The van der Waals surface area contributed by atoms with Crippen molar-refractivity contribution in [3.05, 3.63) is 34.3 Å². The van der Waals surface area contributed by atoms with Crippen LogP contribution in [0.4, 0.5) is 0 Å². The minimum absolute atomic E-state index is 0.238. The molecule has 86 valence electrons. The van der Waals surface area contributed by atoms with E-state index in [4.69, 9.17) is 22.1 Å². The molecule has 0 saturated carbocycles. The van der Waals surface area contributed by atoms with Gasteiger partial charge in [-0.2, -0.15) is 0 Å². The number of fused-ring (bicyclic) bond motifs is 1. The summed E-state index contributed by atoms with van der Waals surface area (Å²) >= 11 is 6.10. The molecule has 2 rings (SSSR count). The summed E-state index contributed by atoms with van der Waals surface area (Å²) in [5.41, 5.74) is 8.11. The van der Waals surface area contributed by atoms with Gasteiger partial charge >= 0.3 is 5.97 Å². The maximum atomic E-state index is 11.5. The lowest BCUT2D eigenvalue weighted by Crippen LogP contribution is -2.33. The molecule has 0 heterocycles. The van der Waals surface area contributed by atoms with Gasteiger partial charge in [0.15, 0.2) is 0 Å². The second-order valence-electron chi connectivity index (χ2n) is 4.00. The number of ether oxygens (including phenoxy) is 1. The van der Waals surface area contributed by atoms with E-state index in [0.717, 1.165) is 22.6 Å². The maximum Gasteiger partial charge on any atom is 0.310 e. The van der Waals surface area contributed by atoms with E-state index >= 15 is 0 Å². The molecule has 0 bridgehead atoms. The molecule has 0 saturated heterocycles. The van der Waals surface area contributed by atoms with Gasteiger partial charge < -0.3 is 10.5 Å². The Labute approximate surface area is 99.5 Å². The number of rotatable bonds is 1. The van der Waals surface area contributed by atoms with Crippen LogP contribution in [0.1, 0.15) is 23.6 Å². The zero-order chi connectivity index (χ0) is 11.7. The van der Waals surface area contributed by atoms with Gasteiger partial charge in [0, 0.05) is 11.1 Å². The number of carbonyl (C=O) groups excluding carboxylic acids is 1. The minimum atomic E-state index is -0.310. The third-order valence-corrected chi connectivity index (χ3v) is 3.51. The topological polar surface area (TPSA) is 52.3 Å². The van der Waals surface area contributed by atoms with E-state index in [0.29, 0.717) is 6.42 Å². The van der Waals surface area contributed by atoms with Gasteiger partial charge in [0.25, 0.3) is 0 Å². The summed E-state index contributed by atoms with van der Waals surface area (Å²) in [5, 5.41) is 0.733. The molecule has 1 aromatic carbocycles. The Kier molecular flexibility index (Phi) is 3.17. The van der Waals surface area contributed by atoms with Crippen molar-refractivity contribution in [1.29, 1.82) is 0 Å². The quantitative estimate of drug-likeness (QED) is 0.764. The number of benzene rings is 1. The van der Waals surface area contributed by atoms with Crippen LogP contribution in [0.15, 0.2) is 18.2 Å². The Morgan fingerprint density at radius 1 is 1.56 bits per heavy atom. The van der Waals surface area contributed by atoms with E-state index in [9.17, 15) is 4.79 Å². The lowest BCUT2D eigenvalue weighted by Gasteiger charge is -2.29. The zero-order valence-electron chi connectivity index (χ0n) is 9.07. The lowest BCUT2D eigenvalue weighted by molar-refractivity contribution is -0.146. The molecule has 4 heteroatoms. The number of hydrogen-bond donors (Lipinski definition) is 1. The van der Waals surface area contributed by atoms with Gasteiger partial charge in [-0.3, -0.25) is 4.79 Å². The summed E-state index contributed by atoms with van der Waals surface area (Å²) < 4.78 is 4.75. The molecule has 2 N–H and O–H groups in total. The van der Waals surface area contributed by atoms with E-state index in [-0.39, 0.29) is 17.9 Å². The van der Waals surface area contributed by atoms with Crippen LogP contribution in [0.2, 0.25) is 5.02 Å². The summed E-state index contributed by atoms with van der Waals surface area (Å²) in [6.07, 6.45) is 1.48. The Morgan fingerprint density at radius 2 is 2.31 bits per heavy atom. The summed E-state index contributed by atoms with van der Waals surface area (Å²) in [5.74, 6) is -0.492. The molecular weight excluding hydrogens is 226 g/mol. The summed E-state index contributed by atoms with van der Waals surface area (Å²) in [4.78, 5) is 11.5. The van der Waals surface area contributed by atoms with E-state index in [1.54, 1.807) is 0 Å².